The first kappa shape index (κ1) is 24.3. The van der Waals surface area contributed by atoms with Crippen molar-refractivity contribution in [3.8, 4) is 22.7 Å². The van der Waals surface area contributed by atoms with Gasteiger partial charge in [0.05, 0.1) is 22.8 Å². The van der Waals surface area contributed by atoms with E-state index in [0.717, 1.165) is 22.6 Å². The molecule has 1 heterocycles. The molecule has 0 saturated heterocycles. The van der Waals surface area contributed by atoms with E-state index in [2.05, 4.69) is 0 Å². The normalized spacial score (nSPS) is 11.3. The van der Waals surface area contributed by atoms with Crippen molar-refractivity contribution in [2.24, 2.45) is 0 Å². The average molecular weight is 490 g/mol. The van der Waals surface area contributed by atoms with Gasteiger partial charge in [-0.1, -0.05) is 36.4 Å². The number of carbonyl (C=O) groups is 1. The van der Waals surface area contributed by atoms with Crippen LogP contribution in [0.3, 0.4) is 0 Å². The number of sulfone groups is 1. The number of aromatic nitrogens is 1. The lowest BCUT2D eigenvalue weighted by molar-refractivity contribution is 0.0526. The van der Waals surface area contributed by atoms with Gasteiger partial charge < -0.3 is 14.0 Å². The van der Waals surface area contributed by atoms with Crippen LogP contribution in [0.5, 0.6) is 5.75 Å². The number of aryl methyl sites for hydroxylation is 1. The summed E-state index contributed by atoms with van der Waals surface area (Å²) in [6.45, 7) is 4.34. The quantitative estimate of drug-likeness (QED) is 0.301. The summed E-state index contributed by atoms with van der Waals surface area (Å²) in [5.41, 5.74) is 4.50. The third-order valence-electron chi connectivity index (χ3n) is 5.58. The number of hydrogen-bond donors (Lipinski definition) is 0. The van der Waals surface area contributed by atoms with Crippen LogP contribution in [0.25, 0.3) is 16.9 Å². The van der Waals surface area contributed by atoms with Crippen LogP contribution in [-0.2, 0) is 21.2 Å². The highest BCUT2D eigenvalue weighted by atomic mass is 32.2. The second-order valence-corrected chi connectivity index (χ2v) is 10.2. The summed E-state index contributed by atoms with van der Waals surface area (Å²) >= 11 is 0. The smallest absolute Gasteiger partial charge is 0.338 e. The number of nitrogens with zero attached hydrogens (tertiary/aromatic N) is 1. The third kappa shape index (κ3) is 5.46. The maximum absolute atomic E-state index is 12.3. The van der Waals surface area contributed by atoms with Gasteiger partial charge in [0.15, 0.2) is 9.84 Å². The number of carbonyl (C=O) groups excluding carboxylic acids is 1. The molecule has 7 heteroatoms. The highest BCUT2D eigenvalue weighted by Crippen LogP contribution is 2.36. The molecule has 0 N–H and O–H groups in total. The molecule has 0 atom stereocenters. The molecule has 0 unspecified atom stereocenters. The van der Waals surface area contributed by atoms with Crippen molar-refractivity contribution in [2.75, 3.05) is 12.9 Å². The highest BCUT2D eigenvalue weighted by molar-refractivity contribution is 7.90. The maximum Gasteiger partial charge on any atom is 0.338 e. The van der Waals surface area contributed by atoms with E-state index in [1.807, 2.05) is 60.0 Å². The van der Waals surface area contributed by atoms with Crippen molar-refractivity contribution in [3.63, 3.8) is 0 Å². The first-order valence-electron chi connectivity index (χ1n) is 11.2. The summed E-state index contributed by atoms with van der Waals surface area (Å²) in [5, 5.41) is 0. The fourth-order valence-electron chi connectivity index (χ4n) is 3.88. The monoisotopic (exact) mass is 489 g/mol. The van der Waals surface area contributed by atoms with Gasteiger partial charge >= 0.3 is 5.97 Å². The van der Waals surface area contributed by atoms with Crippen molar-refractivity contribution in [1.29, 1.82) is 0 Å². The van der Waals surface area contributed by atoms with Crippen molar-refractivity contribution in [2.45, 2.75) is 25.3 Å². The van der Waals surface area contributed by atoms with Gasteiger partial charge in [-0.15, -0.1) is 0 Å². The molecule has 0 aliphatic rings. The molecule has 0 fully saturated rings. The van der Waals surface area contributed by atoms with Crippen LogP contribution in [0.4, 0.5) is 0 Å². The number of esters is 1. The Kier molecular flexibility index (Phi) is 7.07. The molecule has 4 aromatic rings. The van der Waals surface area contributed by atoms with Crippen LogP contribution in [-0.4, -0.2) is 31.8 Å². The Morgan fingerprint density at radius 2 is 1.69 bits per heavy atom. The Labute approximate surface area is 205 Å². The Morgan fingerprint density at radius 3 is 2.40 bits per heavy atom. The molecule has 35 heavy (non-hydrogen) atoms. The zero-order valence-electron chi connectivity index (χ0n) is 19.9. The molecule has 0 amide bonds. The number of hydrogen-bond acceptors (Lipinski definition) is 5. The second kappa shape index (κ2) is 10.2. The predicted molar refractivity (Wildman–Crippen MR) is 136 cm³/mol. The minimum atomic E-state index is -3.44. The van der Waals surface area contributed by atoms with Gasteiger partial charge in [0.1, 0.15) is 12.4 Å². The Morgan fingerprint density at radius 1 is 0.914 bits per heavy atom. The molecule has 0 bridgehead atoms. The Bertz CT molecular complexity index is 1460. The van der Waals surface area contributed by atoms with Gasteiger partial charge in [-0.3, -0.25) is 0 Å². The van der Waals surface area contributed by atoms with Crippen LogP contribution in [0.15, 0.2) is 89.8 Å². The van der Waals surface area contributed by atoms with E-state index in [0.29, 0.717) is 23.5 Å². The summed E-state index contributed by atoms with van der Waals surface area (Å²) < 4.78 is 38.0. The van der Waals surface area contributed by atoms with Crippen molar-refractivity contribution in [3.05, 3.63) is 102 Å². The van der Waals surface area contributed by atoms with Gasteiger partial charge in [0.25, 0.3) is 0 Å². The summed E-state index contributed by atoms with van der Waals surface area (Å²) in [5.74, 6) is 0.161. The molecular weight excluding hydrogens is 462 g/mol. The Balaban J connectivity index is 1.82. The van der Waals surface area contributed by atoms with Crippen molar-refractivity contribution in [1.82, 2.24) is 4.57 Å². The van der Waals surface area contributed by atoms with Gasteiger partial charge in [-0.2, -0.15) is 0 Å². The van der Waals surface area contributed by atoms with Crippen LogP contribution in [0.2, 0.25) is 0 Å². The SMILES string of the molecule is CCOC(=O)c1cccc(-n2c(C)ccc2-c2cc(S(C)(=O)=O)ccc2OCc2ccccc2)c1. The molecule has 0 spiro atoms. The third-order valence-corrected chi connectivity index (χ3v) is 6.69. The zero-order valence-corrected chi connectivity index (χ0v) is 20.7. The fourth-order valence-corrected chi connectivity index (χ4v) is 4.53. The van der Waals surface area contributed by atoms with Crippen molar-refractivity contribution < 1.29 is 22.7 Å². The van der Waals surface area contributed by atoms with Gasteiger partial charge in [-0.25, -0.2) is 13.2 Å². The van der Waals surface area contributed by atoms with E-state index in [4.69, 9.17) is 9.47 Å². The predicted octanol–water partition coefficient (Wildman–Crippen LogP) is 5.61. The molecule has 0 saturated carbocycles. The molecule has 1 aromatic heterocycles. The largest absolute Gasteiger partial charge is 0.488 e. The second-order valence-electron chi connectivity index (χ2n) is 8.17. The number of rotatable bonds is 8. The number of ether oxygens (including phenoxy) is 2. The van der Waals surface area contributed by atoms with Crippen LogP contribution < -0.4 is 4.74 Å². The standard InChI is InChI=1S/C28H27NO5S/c1-4-33-28(30)22-11-8-12-23(17-22)29-20(2)13-15-26(29)25-18-24(35(3,31)32)14-16-27(25)34-19-21-9-6-5-7-10-21/h5-18H,4,19H2,1-3H3. The minimum absolute atomic E-state index is 0.199. The van der Waals surface area contributed by atoms with Crippen LogP contribution >= 0.6 is 0 Å². The molecule has 3 aromatic carbocycles. The van der Waals surface area contributed by atoms with Gasteiger partial charge in [0, 0.05) is 23.2 Å². The summed E-state index contributed by atoms with van der Waals surface area (Å²) in [6, 6.07) is 25.7. The van der Waals surface area contributed by atoms with Gasteiger partial charge in [-0.05, 0) is 67.9 Å². The van der Waals surface area contributed by atoms with Crippen molar-refractivity contribution >= 4 is 15.8 Å². The molecule has 0 radical (unpaired) electrons. The first-order chi connectivity index (χ1) is 16.8. The lowest BCUT2D eigenvalue weighted by atomic mass is 10.1. The van der Waals surface area contributed by atoms with E-state index in [-0.39, 0.29) is 11.5 Å². The Hall–Kier alpha value is -3.84. The lowest BCUT2D eigenvalue weighted by Crippen LogP contribution is -2.07. The molecule has 180 valence electrons. The molecule has 0 aliphatic carbocycles. The van der Waals surface area contributed by atoms with E-state index in [1.54, 1.807) is 43.3 Å². The zero-order chi connectivity index (χ0) is 25.0. The lowest BCUT2D eigenvalue weighted by Gasteiger charge is -2.17. The number of benzene rings is 3. The maximum atomic E-state index is 12.3. The molecule has 4 rings (SSSR count). The van der Waals surface area contributed by atoms with Gasteiger partial charge in [0.2, 0.25) is 0 Å². The summed E-state index contributed by atoms with van der Waals surface area (Å²) in [6.07, 6.45) is 1.18. The van der Waals surface area contributed by atoms with E-state index in [9.17, 15) is 13.2 Å². The van der Waals surface area contributed by atoms with E-state index < -0.39 is 15.8 Å². The summed E-state index contributed by atoms with van der Waals surface area (Å²) in [7, 11) is -3.44. The molecule has 6 nitrogen and oxygen atoms in total. The fraction of sp³-hybridized carbons (Fsp3) is 0.179. The average Bonchev–Trinajstić information content (AvgIpc) is 3.24. The van der Waals surface area contributed by atoms with E-state index >= 15 is 0 Å². The summed E-state index contributed by atoms with van der Waals surface area (Å²) in [4.78, 5) is 12.5. The van der Waals surface area contributed by atoms with E-state index in [1.165, 1.54) is 6.26 Å². The molecular formula is C28H27NO5S. The topological polar surface area (TPSA) is 74.6 Å². The van der Waals surface area contributed by atoms with Crippen LogP contribution in [0.1, 0.15) is 28.5 Å². The van der Waals surface area contributed by atoms with Crippen LogP contribution in [0, 0.1) is 6.92 Å². The highest BCUT2D eigenvalue weighted by Gasteiger charge is 2.19. The first-order valence-corrected chi connectivity index (χ1v) is 13.1. The molecule has 0 aliphatic heterocycles. The minimum Gasteiger partial charge on any atom is -0.488 e.